The third-order valence-corrected chi connectivity index (χ3v) is 5.54. The fourth-order valence-corrected chi connectivity index (χ4v) is 3.55. The molecule has 1 aromatic carbocycles. The van der Waals surface area contributed by atoms with Crippen molar-refractivity contribution in [3.8, 4) is 0 Å². The molecule has 1 aliphatic rings. The van der Waals surface area contributed by atoms with Gasteiger partial charge in [0.2, 0.25) is 0 Å². The summed E-state index contributed by atoms with van der Waals surface area (Å²) in [5, 5.41) is 24.3. The van der Waals surface area contributed by atoms with E-state index >= 15 is 0 Å². The number of rotatable bonds is 4. The van der Waals surface area contributed by atoms with Crippen LogP contribution in [0.15, 0.2) is 27.7 Å². The fourth-order valence-electron chi connectivity index (χ4n) is 3.05. The lowest BCUT2D eigenvalue weighted by Gasteiger charge is -2.30. The van der Waals surface area contributed by atoms with Crippen LogP contribution in [0, 0.1) is 0 Å². The number of aromatic nitrogens is 2. The molecule has 1 fully saturated rings. The van der Waals surface area contributed by atoms with Gasteiger partial charge in [0.15, 0.2) is 0 Å². The van der Waals surface area contributed by atoms with Crippen LogP contribution < -0.4 is 10.9 Å². The zero-order chi connectivity index (χ0) is 17.3. The SMILES string of the molecule is O=c1c2cc(Cl)c(Br)cc2ncn1C[C@@H](O)C[C@H]1NCCC[C@@H]1O. The molecule has 24 heavy (non-hydrogen) atoms. The van der Waals surface area contributed by atoms with Crippen molar-refractivity contribution in [2.45, 2.75) is 44.1 Å². The van der Waals surface area contributed by atoms with E-state index in [0.717, 1.165) is 19.4 Å². The third-order valence-electron chi connectivity index (χ3n) is 4.35. The van der Waals surface area contributed by atoms with Gasteiger partial charge < -0.3 is 15.5 Å². The molecular formula is C16H19BrClN3O3. The van der Waals surface area contributed by atoms with Gasteiger partial charge in [-0.05, 0) is 53.9 Å². The number of aliphatic hydroxyl groups excluding tert-OH is 2. The van der Waals surface area contributed by atoms with Crippen LogP contribution in [0.3, 0.4) is 0 Å². The number of nitrogens with zero attached hydrogens (tertiary/aromatic N) is 2. The largest absolute Gasteiger partial charge is 0.392 e. The summed E-state index contributed by atoms with van der Waals surface area (Å²) in [5.41, 5.74) is 0.303. The highest BCUT2D eigenvalue weighted by Crippen LogP contribution is 2.25. The van der Waals surface area contributed by atoms with Gasteiger partial charge in [-0.2, -0.15) is 0 Å². The van der Waals surface area contributed by atoms with Gasteiger partial charge in [-0.25, -0.2) is 4.98 Å². The van der Waals surface area contributed by atoms with E-state index in [1.54, 1.807) is 12.1 Å². The molecule has 8 heteroatoms. The van der Waals surface area contributed by atoms with Crippen LogP contribution in [-0.4, -0.2) is 44.6 Å². The summed E-state index contributed by atoms with van der Waals surface area (Å²) >= 11 is 9.36. The Morgan fingerprint density at radius 2 is 2.29 bits per heavy atom. The maximum Gasteiger partial charge on any atom is 0.261 e. The van der Waals surface area contributed by atoms with Crippen molar-refractivity contribution in [3.63, 3.8) is 0 Å². The third kappa shape index (κ3) is 3.81. The van der Waals surface area contributed by atoms with Crippen LogP contribution in [0.4, 0.5) is 0 Å². The smallest absolute Gasteiger partial charge is 0.261 e. The number of hydrogen-bond acceptors (Lipinski definition) is 5. The van der Waals surface area contributed by atoms with E-state index < -0.39 is 12.2 Å². The molecule has 3 atom stereocenters. The van der Waals surface area contributed by atoms with Gasteiger partial charge in [-0.1, -0.05) is 11.6 Å². The van der Waals surface area contributed by atoms with Crippen LogP contribution in [0.5, 0.6) is 0 Å². The Bertz CT molecular complexity index is 798. The molecule has 3 N–H and O–H groups in total. The molecule has 0 saturated carbocycles. The van der Waals surface area contributed by atoms with Gasteiger partial charge in [0.1, 0.15) is 0 Å². The van der Waals surface area contributed by atoms with Crippen LogP contribution in [0.2, 0.25) is 5.02 Å². The highest BCUT2D eigenvalue weighted by atomic mass is 79.9. The lowest BCUT2D eigenvalue weighted by atomic mass is 9.96. The molecule has 0 spiro atoms. The highest BCUT2D eigenvalue weighted by molar-refractivity contribution is 9.10. The zero-order valence-corrected chi connectivity index (χ0v) is 15.3. The number of nitrogens with one attached hydrogen (secondary N) is 1. The molecule has 0 amide bonds. The molecule has 0 aliphatic carbocycles. The Balaban J connectivity index is 1.78. The van der Waals surface area contributed by atoms with Crippen molar-refractivity contribution >= 4 is 38.4 Å². The van der Waals surface area contributed by atoms with E-state index in [-0.39, 0.29) is 18.1 Å². The molecule has 2 heterocycles. The van der Waals surface area contributed by atoms with E-state index in [2.05, 4.69) is 26.2 Å². The van der Waals surface area contributed by atoms with Gasteiger partial charge in [-0.3, -0.25) is 9.36 Å². The van der Waals surface area contributed by atoms with E-state index in [4.69, 9.17) is 11.6 Å². The van der Waals surface area contributed by atoms with Gasteiger partial charge >= 0.3 is 0 Å². The summed E-state index contributed by atoms with van der Waals surface area (Å²) in [5.74, 6) is 0. The van der Waals surface area contributed by atoms with Crippen molar-refractivity contribution in [3.05, 3.63) is 38.3 Å². The molecular weight excluding hydrogens is 398 g/mol. The quantitative estimate of drug-likeness (QED) is 0.706. The average Bonchev–Trinajstić information content (AvgIpc) is 2.54. The molecule has 1 aliphatic heterocycles. The van der Waals surface area contributed by atoms with Crippen LogP contribution in [0.1, 0.15) is 19.3 Å². The minimum atomic E-state index is -0.752. The number of aliphatic hydroxyl groups is 2. The number of hydrogen-bond donors (Lipinski definition) is 3. The second-order valence-corrected chi connectivity index (χ2v) is 7.41. The van der Waals surface area contributed by atoms with Crippen LogP contribution in [0.25, 0.3) is 10.9 Å². The number of halogens is 2. The second-order valence-electron chi connectivity index (χ2n) is 6.15. The molecule has 0 unspecified atom stereocenters. The molecule has 0 bridgehead atoms. The average molecular weight is 417 g/mol. The molecule has 3 rings (SSSR count). The fraction of sp³-hybridized carbons (Fsp3) is 0.500. The molecule has 2 aromatic rings. The summed E-state index contributed by atoms with van der Waals surface area (Å²) < 4.78 is 2.06. The summed E-state index contributed by atoms with van der Waals surface area (Å²) in [6, 6.07) is 3.12. The minimum absolute atomic E-state index is 0.125. The van der Waals surface area contributed by atoms with Crippen LogP contribution in [-0.2, 0) is 6.54 Å². The van der Waals surface area contributed by atoms with E-state index in [9.17, 15) is 15.0 Å². The Labute approximate surface area is 152 Å². The first-order valence-corrected chi connectivity index (χ1v) is 9.06. The zero-order valence-electron chi connectivity index (χ0n) is 13.0. The van der Waals surface area contributed by atoms with E-state index in [1.165, 1.54) is 10.9 Å². The predicted octanol–water partition coefficient (Wildman–Crippen LogP) is 1.68. The normalized spacial score (nSPS) is 22.7. The van der Waals surface area contributed by atoms with Gasteiger partial charge in [0.25, 0.3) is 5.56 Å². The molecule has 0 radical (unpaired) electrons. The number of fused-ring (bicyclic) bond motifs is 1. The van der Waals surface area contributed by atoms with Crippen molar-refractivity contribution in [2.24, 2.45) is 0 Å². The Hall–Kier alpha value is -0.990. The molecule has 1 saturated heterocycles. The lowest BCUT2D eigenvalue weighted by molar-refractivity contribution is 0.0539. The Morgan fingerprint density at radius 3 is 3.04 bits per heavy atom. The first-order valence-electron chi connectivity index (χ1n) is 7.89. The van der Waals surface area contributed by atoms with Crippen molar-refractivity contribution < 1.29 is 10.2 Å². The number of benzene rings is 1. The van der Waals surface area contributed by atoms with E-state index in [1.807, 2.05) is 0 Å². The highest BCUT2D eigenvalue weighted by Gasteiger charge is 2.25. The summed E-state index contributed by atoms with van der Waals surface area (Å²) in [6.45, 7) is 0.958. The summed E-state index contributed by atoms with van der Waals surface area (Å²) in [6.07, 6.45) is 2.26. The van der Waals surface area contributed by atoms with Crippen molar-refractivity contribution in [2.75, 3.05) is 6.54 Å². The maximum atomic E-state index is 12.6. The molecule has 1 aromatic heterocycles. The van der Waals surface area contributed by atoms with Gasteiger partial charge in [-0.15, -0.1) is 0 Å². The maximum absolute atomic E-state index is 12.6. The Kier molecular flexibility index (Phi) is 5.56. The van der Waals surface area contributed by atoms with Gasteiger partial charge in [0.05, 0.1) is 41.0 Å². The van der Waals surface area contributed by atoms with E-state index in [0.29, 0.717) is 26.8 Å². The monoisotopic (exact) mass is 415 g/mol. The first kappa shape index (κ1) is 17.8. The Morgan fingerprint density at radius 1 is 1.50 bits per heavy atom. The predicted molar refractivity (Wildman–Crippen MR) is 96.4 cm³/mol. The lowest BCUT2D eigenvalue weighted by Crippen LogP contribution is -2.47. The van der Waals surface area contributed by atoms with Crippen molar-refractivity contribution in [1.82, 2.24) is 14.9 Å². The summed E-state index contributed by atoms with van der Waals surface area (Å²) in [4.78, 5) is 16.8. The minimum Gasteiger partial charge on any atom is -0.392 e. The van der Waals surface area contributed by atoms with Crippen LogP contribution >= 0.6 is 27.5 Å². The topological polar surface area (TPSA) is 87.4 Å². The number of piperidine rings is 1. The molecule has 6 nitrogen and oxygen atoms in total. The molecule has 130 valence electrons. The standard InChI is InChI=1S/C16H19BrClN3O3/c17-11-6-13-10(5-12(11)18)16(24)21(8-20-13)7-9(22)4-14-15(23)2-1-3-19-14/h5-6,8-9,14-15,19,22-23H,1-4,7H2/t9-,14+,15-/m0/s1. The summed E-state index contributed by atoms with van der Waals surface area (Å²) in [7, 11) is 0. The van der Waals surface area contributed by atoms with Crippen molar-refractivity contribution in [1.29, 1.82) is 0 Å². The second kappa shape index (κ2) is 7.49. The first-order chi connectivity index (χ1) is 11.5. The van der Waals surface area contributed by atoms with Gasteiger partial charge in [0, 0.05) is 10.5 Å².